The van der Waals surface area contributed by atoms with E-state index in [0.29, 0.717) is 56.5 Å². The fourth-order valence-electron chi connectivity index (χ4n) is 4.47. The monoisotopic (exact) mass is 364 g/mol. The molecule has 2 saturated carbocycles. The molecule has 144 valence electrons. The van der Waals surface area contributed by atoms with E-state index < -0.39 is 0 Å². The first-order chi connectivity index (χ1) is 12.6. The van der Waals surface area contributed by atoms with Crippen molar-refractivity contribution in [2.75, 3.05) is 6.61 Å². The van der Waals surface area contributed by atoms with Crippen LogP contribution < -0.4 is 0 Å². The molecule has 0 aromatic carbocycles. The first kappa shape index (κ1) is 18.1. The van der Waals surface area contributed by atoms with Gasteiger partial charge < -0.3 is 14.2 Å². The number of rotatable bonds is 9. The van der Waals surface area contributed by atoms with Crippen molar-refractivity contribution in [1.82, 2.24) is 0 Å². The molecule has 0 spiro atoms. The maximum Gasteiger partial charge on any atom is 0.305 e. The molecule has 0 aromatic heterocycles. The molecule has 0 aromatic rings. The van der Waals surface area contributed by atoms with Crippen LogP contribution in [0.3, 0.4) is 0 Å². The molecule has 2 aliphatic carbocycles. The maximum atomic E-state index is 12.2. The molecule has 6 atom stereocenters. The lowest BCUT2D eigenvalue weighted by molar-refractivity contribution is -0.145. The van der Waals surface area contributed by atoms with E-state index in [2.05, 4.69) is 0 Å². The Morgan fingerprint density at radius 3 is 2.23 bits per heavy atom. The van der Waals surface area contributed by atoms with Crippen molar-refractivity contribution in [2.24, 2.45) is 11.8 Å². The van der Waals surface area contributed by atoms with Crippen molar-refractivity contribution < 1.29 is 28.6 Å². The highest BCUT2D eigenvalue weighted by atomic mass is 16.6. The predicted octanol–water partition coefficient (Wildman–Crippen LogP) is 2.36. The largest absolute Gasteiger partial charge is 0.465 e. The topological polar surface area (TPSA) is 85.5 Å². The lowest BCUT2D eigenvalue weighted by Crippen LogP contribution is -2.28. The Morgan fingerprint density at radius 2 is 1.50 bits per heavy atom. The molecule has 6 heteroatoms. The highest BCUT2D eigenvalue weighted by Gasteiger charge is 2.46. The minimum atomic E-state index is -0.288. The van der Waals surface area contributed by atoms with Crippen LogP contribution in [0.25, 0.3) is 0 Å². The molecule has 4 fully saturated rings. The van der Waals surface area contributed by atoms with Crippen LogP contribution in [0.15, 0.2) is 0 Å². The van der Waals surface area contributed by atoms with Gasteiger partial charge in [0, 0.05) is 18.8 Å². The van der Waals surface area contributed by atoms with E-state index in [9.17, 15) is 14.4 Å². The second-order valence-corrected chi connectivity index (χ2v) is 8.29. The van der Waals surface area contributed by atoms with Crippen molar-refractivity contribution >= 4 is 17.5 Å². The highest BCUT2D eigenvalue weighted by molar-refractivity contribution is 6.37. The molecular formula is C20H28O6. The number of hydrogen-bond acceptors (Lipinski definition) is 6. The number of unbranched alkanes of at least 4 members (excludes halogenated alkanes) is 1. The number of carbonyl (C=O) groups excluding carboxylic acids is 3. The van der Waals surface area contributed by atoms with Gasteiger partial charge in [-0.25, -0.2) is 0 Å². The Labute approximate surface area is 153 Å². The van der Waals surface area contributed by atoms with Crippen molar-refractivity contribution in [1.29, 1.82) is 0 Å². The molecule has 6 nitrogen and oxygen atoms in total. The van der Waals surface area contributed by atoms with Crippen LogP contribution in [0.1, 0.15) is 64.2 Å². The van der Waals surface area contributed by atoms with Crippen LogP contribution in [-0.2, 0) is 28.6 Å². The molecule has 4 aliphatic rings. The van der Waals surface area contributed by atoms with Gasteiger partial charge in [0.25, 0.3) is 0 Å². The van der Waals surface area contributed by atoms with Gasteiger partial charge in [-0.2, -0.15) is 0 Å². The third-order valence-corrected chi connectivity index (χ3v) is 6.28. The number of esters is 1. The summed E-state index contributed by atoms with van der Waals surface area (Å²) in [6.07, 6.45) is 8.65. The van der Waals surface area contributed by atoms with Crippen LogP contribution in [-0.4, -0.2) is 48.6 Å². The third kappa shape index (κ3) is 4.52. The first-order valence-corrected chi connectivity index (χ1v) is 10.1. The molecule has 0 radical (unpaired) electrons. The van der Waals surface area contributed by atoms with Crippen molar-refractivity contribution in [2.45, 2.75) is 88.6 Å². The van der Waals surface area contributed by atoms with Gasteiger partial charge in [-0.3, -0.25) is 14.4 Å². The van der Waals surface area contributed by atoms with Crippen molar-refractivity contribution in [3.63, 3.8) is 0 Å². The van der Waals surface area contributed by atoms with E-state index in [1.165, 1.54) is 0 Å². The van der Waals surface area contributed by atoms with Gasteiger partial charge >= 0.3 is 5.97 Å². The fourth-order valence-corrected chi connectivity index (χ4v) is 4.47. The van der Waals surface area contributed by atoms with E-state index >= 15 is 0 Å². The summed E-state index contributed by atoms with van der Waals surface area (Å²) < 4.78 is 16.3. The number of fused-ring (bicyclic) bond motifs is 2. The molecule has 0 amide bonds. The fraction of sp³-hybridized carbons (Fsp3) is 0.850. The molecular weight excluding hydrogens is 336 g/mol. The molecule has 0 N–H and O–H groups in total. The lowest BCUT2D eigenvalue weighted by atomic mass is 9.84. The Kier molecular flexibility index (Phi) is 5.41. The number of epoxide rings is 2. The van der Waals surface area contributed by atoms with E-state index in [1.807, 2.05) is 0 Å². The van der Waals surface area contributed by atoms with Gasteiger partial charge in [0.05, 0.1) is 31.0 Å². The molecule has 6 unspecified atom stereocenters. The third-order valence-electron chi connectivity index (χ3n) is 6.28. The summed E-state index contributed by atoms with van der Waals surface area (Å²) in [5.41, 5.74) is 0. The van der Waals surface area contributed by atoms with E-state index in [-0.39, 0.29) is 36.0 Å². The van der Waals surface area contributed by atoms with Gasteiger partial charge in [0.2, 0.25) is 5.78 Å². The van der Waals surface area contributed by atoms with Crippen molar-refractivity contribution in [3.05, 3.63) is 0 Å². The molecule has 26 heavy (non-hydrogen) atoms. The zero-order chi connectivity index (χ0) is 18.1. The number of ether oxygens (including phenoxy) is 3. The number of hydrogen-bond donors (Lipinski definition) is 0. The van der Waals surface area contributed by atoms with Crippen molar-refractivity contribution in [3.8, 4) is 0 Å². The van der Waals surface area contributed by atoms with Gasteiger partial charge in [0.1, 0.15) is 0 Å². The standard InChI is InChI=1S/C20H28O6/c21-14(20(23)13-6-8-16-18(10-13)26-16)3-1-2-4-19(22)24-11-12-5-7-15-17(9-12)25-15/h12-13,15-18H,1-11H2. The number of Topliss-reactive ketones (excluding diaryl/α,β-unsaturated/α-hetero) is 2. The second kappa shape index (κ2) is 7.77. The van der Waals surface area contributed by atoms with Gasteiger partial charge in [-0.05, 0) is 57.3 Å². The van der Waals surface area contributed by atoms with Gasteiger partial charge in [-0.1, -0.05) is 0 Å². The summed E-state index contributed by atoms with van der Waals surface area (Å²) in [5.74, 6) is -0.455. The summed E-state index contributed by atoms with van der Waals surface area (Å²) in [4.78, 5) is 36.1. The van der Waals surface area contributed by atoms with Gasteiger partial charge in [-0.15, -0.1) is 0 Å². The molecule has 0 bridgehead atoms. The number of ketones is 2. The second-order valence-electron chi connectivity index (χ2n) is 8.29. The summed E-state index contributed by atoms with van der Waals surface area (Å²) in [6, 6.07) is 0. The van der Waals surface area contributed by atoms with Crippen LogP contribution in [0, 0.1) is 11.8 Å². The highest BCUT2D eigenvalue weighted by Crippen LogP contribution is 2.40. The number of carbonyl (C=O) groups is 3. The Balaban J connectivity index is 1.06. The predicted molar refractivity (Wildman–Crippen MR) is 91.4 cm³/mol. The van der Waals surface area contributed by atoms with Crippen LogP contribution in [0.4, 0.5) is 0 Å². The molecule has 2 aliphatic heterocycles. The Bertz CT molecular complexity index is 573. The summed E-state index contributed by atoms with van der Waals surface area (Å²) in [6.45, 7) is 0.481. The van der Waals surface area contributed by atoms with E-state index in [1.54, 1.807) is 0 Å². The average Bonchev–Trinajstić information content (AvgIpc) is 3.55. The zero-order valence-electron chi connectivity index (χ0n) is 15.2. The minimum absolute atomic E-state index is 0.151. The normalized spacial score (nSPS) is 37.2. The summed E-state index contributed by atoms with van der Waals surface area (Å²) in [5, 5.41) is 0. The molecule has 4 rings (SSSR count). The van der Waals surface area contributed by atoms with E-state index in [4.69, 9.17) is 14.2 Å². The zero-order valence-corrected chi connectivity index (χ0v) is 15.2. The molecule has 2 saturated heterocycles. The van der Waals surface area contributed by atoms with Crippen LogP contribution in [0.2, 0.25) is 0 Å². The Hall–Kier alpha value is -1.27. The smallest absolute Gasteiger partial charge is 0.305 e. The Morgan fingerprint density at radius 1 is 0.808 bits per heavy atom. The minimum Gasteiger partial charge on any atom is -0.465 e. The molecule has 2 heterocycles. The first-order valence-electron chi connectivity index (χ1n) is 10.1. The average molecular weight is 364 g/mol. The quantitative estimate of drug-likeness (QED) is 0.270. The summed E-state index contributed by atoms with van der Waals surface area (Å²) in [7, 11) is 0. The maximum absolute atomic E-state index is 12.2. The lowest BCUT2D eigenvalue weighted by Gasteiger charge is -2.18. The SMILES string of the molecule is O=C(CCCCC(=O)C(=O)C1CCC2OC2C1)OCC1CCC2OC2C1. The summed E-state index contributed by atoms with van der Waals surface area (Å²) >= 11 is 0. The van der Waals surface area contributed by atoms with E-state index in [0.717, 1.165) is 32.1 Å². The van der Waals surface area contributed by atoms with Gasteiger partial charge in [0.15, 0.2) is 5.78 Å². The van der Waals surface area contributed by atoms with Crippen LogP contribution >= 0.6 is 0 Å². The van der Waals surface area contributed by atoms with Crippen LogP contribution in [0.5, 0.6) is 0 Å².